The van der Waals surface area contributed by atoms with Crippen molar-refractivity contribution in [3.63, 3.8) is 0 Å². The van der Waals surface area contributed by atoms with Gasteiger partial charge >= 0.3 is 0 Å². The summed E-state index contributed by atoms with van der Waals surface area (Å²) in [6.07, 6.45) is 1.29. The minimum absolute atomic E-state index is 0.107. The predicted molar refractivity (Wildman–Crippen MR) is 81.6 cm³/mol. The summed E-state index contributed by atoms with van der Waals surface area (Å²) < 4.78 is 6.75. The van der Waals surface area contributed by atoms with Crippen LogP contribution in [0.1, 0.15) is 27.2 Å². The molecule has 0 aliphatic carbocycles. The maximum Gasteiger partial charge on any atom is 0.138 e. The number of hydrogen-bond acceptors (Lipinski definition) is 2. The lowest BCUT2D eigenvalue weighted by molar-refractivity contribution is 0.216. The lowest BCUT2D eigenvalue weighted by Gasteiger charge is -2.17. The van der Waals surface area contributed by atoms with Crippen molar-refractivity contribution in [2.75, 3.05) is 13.1 Å². The van der Waals surface area contributed by atoms with Crippen LogP contribution in [0, 0.1) is 5.92 Å². The van der Waals surface area contributed by atoms with Crippen LogP contribution in [0.4, 0.5) is 0 Å². The van der Waals surface area contributed by atoms with Gasteiger partial charge in [-0.2, -0.15) is 0 Å². The van der Waals surface area contributed by atoms with Crippen molar-refractivity contribution in [1.82, 2.24) is 5.32 Å². The van der Waals surface area contributed by atoms with Gasteiger partial charge in [0.05, 0.1) is 5.02 Å². The van der Waals surface area contributed by atoms with E-state index in [1.807, 2.05) is 25.1 Å². The third-order valence-electron chi connectivity index (χ3n) is 2.55. The number of hydrogen-bond donors (Lipinski definition) is 1. The molecule has 18 heavy (non-hydrogen) atoms. The van der Waals surface area contributed by atoms with Gasteiger partial charge in [-0.1, -0.05) is 41.4 Å². The summed E-state index contributed by atoms with van der Waals surface area (Å²) in [5, 5.41) is 4.03. The molecule has 0 radical (unpaired) electrons. The lowest BCUT2D eigenvalue weighted by atomic mass is 10.1. The van der Waals surface area contributed by atoms with Gasteiger partial charge in [-0.15, -0.1) is 0 Å². The summed E-state index contributed by atoms with van der Waals surface area (Å²) in [5.74, 6) is 1.47. The molecule has 1 aromatic rings. The first kappa shape index (κ1) is 15.8. The minimum Gasteiger partial charge on any atom is -0.488 e. The molecule has 1 unspecified atom stereocenters. The van der Waals surface area contributed by atoms with Gasteiger partial charge in [-0.3, -0.25) is 0 Å². The molecule has 1 aromatic carbocycles. The second-order valence-corrected chi connectivity index (χ2v) is 6.21. The average molecular weight is 335 g/mol. The Morgan fingerprint density at radius 3 is 2.67 bits per heavy atom. The monoisotopic (exact) mass is 333 g/mol. The van der Waals surface area contributed by atoms with E-state index in [0.29, 0.717) is 5.02 Å². The van der Waals surface area contributed by atoms with Crippen molar-refractivity contribution in [2.24, 2.45) is 5.92 Å². The van der Waals surface area contributed by atoms with Gasteiger partial charge in [0.1, 0.15) is 11.9 Å². The third-order valence-corrected chi connectivity index (χ3v) is 3.34. The molecule has 0 fully saturated rings. The highest BCUT2D eigenvalue weighted by molar-refractivity contribution is 9.10. The Hall–Kier alpha value is -0.250. The van der Waals surface area contributed by atoms with E-state index >= 15 is 0 Å². The van der Waals surface area contributed by atoms with E-state index < -0.39 is 0 Å². The number of halogens is 2. The zero-order valence-electron chi connectivity index (χ0n) is 11.2. The van der Waals surface area contributed by atoms with Crippen LogP contribution in [-0.4, -0.2) is 19.2 Å². The van der Waals surface area contributed by atoms with Crippen LogP contribution in [0.5, 0.6) is 5.75 Å². The summed E-state index contributed by atoms with van der Waals surface area (Å²) in [6, 6.07) is 5.66. The largest absolute Gasteiger partial charge is 0.488 e. The smallest absolute Gasteiger partial charge is 0.138 e. The van der Waals surface area contributed by atoms with Crippen molar-refractivity contribution in [3.8, 4) is 5.75 Å². The molecule has 102 valence electrons. The molecule has 1 N–H and O–H groups in total. The maximum absolute atomic E-state index is 6.10. The first-order valence-electron chi connectivity index (χ1n) is 6.31. The van der Waals surface area contributed by atoms with E-state index in [1.54, 1.807) is 0 Å². The third kappa shape index (κ3) is 6.07. The Balaban J connectivity index is 2.33. The van der Waals surface area contributed by atoms with Gasteiger partial charge in [-0.05, 0) is 44.0 Å². The van der Waals surface area contributed by atoms with Crippen LogP contribution in [0.25, 0.3) is 0 Å². The van der Waals surface area contributed by atoms with Crippen molar-refractivity contribution < 1.29 is 4.74 Å². The zero-order chi connectivity index (χ0) is 13.5. The number of rotatable bonds is 7. The summed E-state index contributed by atoms with van der Waals surface area (Å²) >= 11 is 9.48. The van der Waals surface area contributed by atoms with Gasteiger partial charge in [0, 0.05) is 11.0 Å². The Kier molecular flexibility index (Phi) is 7.05. The van der Waals surface area contributed by atoms with E-state index in [9.17, 15) is 0 Å². The van der Waals surface area contributed by atoms with Crippen LogP contribution in [0.15, 0.2) is 22.7 Å². The Bertz CT molecular complexity index is 371. The van der Waals surface area contributed by atoms with E-state index in [1.165, 1.54) is 6.42 Å². The van der Waals surface area contributed by atoms with Gasteiger partial charge in [0.2, 0.25) is 0 Å². The minimum atomic E-state index is 0.107. The molecule has 4 heteroatoms. The first-order valence-corrected chi connectivity index (χ1v) is 7.48. The molecular weight excluding hydrogens is 314 g/mol. The second kappa shape index (κ2) is 8.03. The summed E-state index contributed by atoms with van der Waals surface area (Å²) in [6.45, 7) is 8.35. The molecular formula is C14H21BrClNO. The molecule has 0 saturated carbocycles. The van der Waals surface area contributed by atoms with E-state index in [4.69, 9.17) is 16.3 Å². The zero-order valence-corrected chi connectivity index (χ0v) is 13.5. The fourth-order valence-corrected chi connectivity index (χ4v) is 2.24. The summed E-state index contributed by atoms with van der Waals surface area (Å²) in [4.78, 5) is 0. The predicted octanol–water partition coefficient (Wildman–Crippen LogP) is 4.51. The molecule has 0 aliphatic heterocycles. The molecule has 0 saturated heterocycles. The van der Waals surface area contributed by atoms with Crippen LogP contribution in [-0.2, 0) is 0 Å². The molecule has 0 heterocycles. The second-order valence-electron chi connectivity index (χ2n) is 4.89. The van der Waals surface area contributed by atoms with E-state index in [2.05, 4.69) is 35.1 Å². The fraction of sp³-hybridized carbons (Fsp3) is 0.571. The molecule has 0 aliphatic rings. The highest BCUT2D eigenvalue weighted by atomic mass is 79.9. The van der Waals surface area contributed by atoms with Crippen molar-refractivity contribution >= 4 is 27.5 Å². The summed E-state index contributed by atoms with van der Waals surface area (Å²) in [5.41, 5.74) is 0. The average Bonchev–Trinajstić information content (AvgIpc) is 2.28. The van der Waals surface area contributed by atoms with Gasteiger partial charge in [0.25, 0.3) is 0 Å². The standard InChI is InChI=1S/C14H21BrClNO/c1-10(2)6-7-17-9-11(3)18-14-5-4-12(15)8-13(14)16/h4-5,8,10-11,17H,6-7,9H2,1-3H3. The first-order chi connectivity index (χ1) is 8.49. The molecule has 1 atom stereocenters. The Morgan fingerprint density at radius 1 is 1.33 bits per heavy atom. The molecule has 0 spiro atoms. The van der Waals surface area contributed by atoms with Gasteiger partial charge < -0.3 is 10.1 Å². The van der Waals surface area contributed by atoms with Crippen molar-refractivity contribution in [1.29, 1.82) is 0 Å². The van der Waals surface area contributed by atoms with Crippen LogP contribution in [0.2, 0.25) is 5.02 Å². The fourth-order valence-electron chi connectivity index (χ4n) is 1.53. The lowest BCUT2D eigenvalue weighted by Crippen LogP contribution is -2.30. The maximum atomic E-state index is 6.10. The topological polar surface area (TPSA) is 21.3 Å². The highest BCUT2D eigenvalue weighted by Gasteiger charge is 2.07. The Labute approximate surface area is 123 Å². The van der Waals surface area contributed by atoms with Crippen LogP contribution in [0.3, 0.4) is 0 Å². The van der Waals surface area contributed by atoms with Gasteiger partial charge in [0.15, 0.2) is 0 Å². The molecule has 0 amide bonds. The molecule has 1 rings (SSSR count). The van der Waals surface area contributed by atoms with Crippen LogP contribution >= 0.6 is 27.5 Å². The normalized spacial score (nSPS) is 12.8. The van der Waals surface area contributed by atoms with E-state index in [-0.39, 0.29) is 6.10 Å². The highest BCUT2D eigenvalue weighted by Crippen LogP contribution is 2.28. The van der Waals surface area contributed by atoms with E-state index in [0.717, 1.165) is 29.2 Å². The quantitative estimate of drug-likeness (QED) is 0.741. The molecule has 2 nitrogen and oxygen atoms in total. The molecule has 0 bridgehead atoms. The SMILES string of the molecule is CC(C)CCNCC(C)Oc1ccc(Br)cc1Cl. The van der Waals surface area contributed by atoms with Crippen molar-refractivity contribution in [2.45, 2.75) is 33.3 Å². The number of nitrogens with one attached hydrogen (secondary N) is 1. The van der Waals surface area contributed by atoms with Crippen LogP contribution < -0.4 is 10.1 Å². The molecule has 0 aromatic heterocycles. The Morgan fingerprint density at radius 2 is 2.06 bits per heavy atom. The van der Waals surface area contributed by atoms with Crippen molar-refractivity contribution in [3.05, 3.63) is 27.7 Å². The summed E-state index contributed by atoms with van der Waals surface area (Å²) in [7, 11) is 0. The number of benzene rings is 1. The number of ether oxygens (including phenoxy) is 1. The van der Waals surface area contributed by atoms with Gasteiger partial charge in [-0.25, -0.2) is 0 Å².